The Hall–Kier alpha value is -1.48. The number of rotatable bonds is 4. The number of hydrogen-bond donors (Lipinski definition) is 3. The van der Waals surface area contributed by atoms with Crippen molar-refractivity contribution in [1.29, 1.82) is 0 Å². The molecule has 3 N–H and O–H groups in total. The second kappa shape index (κ2) is 5.56. The lowest BCUT2D eigenvalue weighted by Crippen LogP contribution is -2.18. The van der Waals surface area contributed by atoms with Gasteiger partial charge in [-0.3, -0.25) is 0 Å². The second-order valence-corrected chi connectivity index (χ2v) is 4.15. The molecule has 1 aromatic rings. The largest absolute Gasteiger partial charge is 0.508 e. The minimum Gasteiger partial charge on any atom is -0.508 e. The first-order valence-corrected chi connectivity index (χ1v) is 5.39. The van der Waals surface area contributed by atoms with Crippen molar-refractivity contribution in [3.8, 4) is 11.5 Å². The predicted molar refractivity (Wildman–Crippen MR) is 65.6 cm³/mol. The van der Waals surface area contributed by atoms with Crippen molar-refractivity contribution >= 4 is 0 Å². The fourth-order valence-corrected chi connectivity index (χ4v) is 1.44. The molecule has 0 aromatic heterocycles. The maximum atomic E-state index is 9.65. The first kappa shape index (κ1) is 12.6. The monoisotopic (exact) mass is 221 g/mol. The number of phenols is 2. The molecule has 0 saturated carbocycles. The lowest BCUT2D eigenvalue weighted by atomic mass is 10.1. The summed E-state index contributed by atoms with van der Waals surface area (Å²) in [6, 6.07) is 4.56. The van der Waals surface area contributed by atoms with Crippen molar-refractivity contribution in [2.24, 2.45) is 0 Å². The Kier molecular flexibility index (Phi) is 4.38. The van der Waals surface area contributed by atoms with Crippen molar-refractivity contribution in [1.82, 2.24) is 5.32 Å². The third-order valence-corrected chi connectivity index (χ3v) is 2.41. The van der Waals surface area contributed by atoms with Gasteiger partial charge >= 0.3 is 0 Å². The summed E-state index contributed by atoms with van der Waals surface area (Å²) in [5.41, 5.74) is 1.96. The fraction of sp³-hybridized carbons (Fsp3) is 0.385. The molecule has 0 amide bonds. The van der Waals surface area contributed by atoms with Gasteiger partial charge in [0.05, 0.1) is 0 Å². The number of allylic oxidation sites excluding steroid dienone is 1. The van der Waals surface area contributed by atoms with Crippen LogP contribution in [0, 0.1) is 0 Å². The molecule has 1 atom stereocenters. The Bertz CT molecular complexity index is 382. The normalized spacial score (nSPS) is 12.2. The Labute approximate surface area is 96.4 Å². The topological polar surface area (TPSA) is 52.5 Å². The summed E-state index contributed by atoms with van der Waals surface area (Å²) < 4.78 is 0. The summed E-state index contributed by atoms with van der Waals surface area (Å²) in [6.07, 6.45) is 2.08. The van der Waals surface area contributed by atoms with Crippen LogP contribution in [0.1, 0.15) is 32.4 Å². The van der Waals surface area contributed by atoms with Crippen LogP contribution >= 0.6 is 0 Å². The van der Waals surface area contributed by atoms with Gasteiger partial charge in [0.2, 0.25) is 0 Å². The van der Waals surface area contributed by atoms with Crippen molar-refractivity contribution in [2.75, 3.05) is 6.54 Å². The van der Waals surface area contributed by atoms with Crippen LogP contribution in [0.25, 0.3) is 0 Å². The second-order valence-electron chi connectivity index (χ2n) is 4.15. The highest BCUT2D eigenvalue weighted by Gasteiger charge is 2.09. The van der Waals surface area contributed by atoms with Crippen LogP contribution in [0.2, 0.25) is 0 Å². The minimum atomic E-state index is 0.00250. The van der Waals surface area contributed by atoms with E-state index in [9.17, 15) is 10.2 Å². The molecule has 0 radical (unpaired) electrons. The zero-order valence-corrected chi connectivity index (χ0v) is 9.99. The van der Waals surface area contributed by atoms with Crippen LogP contribution in [0.4, 0.5) is 0 Å². The van der Waals surface area contributed by atoms with Gasteiger partial charge in [0.25, 0.3) is 0 Å². The van der Waals surface area contributed by atoms with E-state index in [1.54, 1.807) is 6.07 Å². The standard InChI is InChI=1S/C13H19NO2/c1-9(2)6-7-14-10(3)12-8-11(15)4-5-13(12)16/h4-6,8,10,14-16H,7H2,1-3H3. The van der Waals surface area contributed by atoms with Gasteiger partial charge < -0.3 is 15.5 Å². The Morgan fingerprint density at radius 1 is 1.38 bits per heavy atom. The van der Waals surface area contributed by atoms with Crippen molar-refractivity contribution in [2.45, 2.75) is 26.8 Å². The molecule has 1 rings (SSSR count). The van der Waals surface area contributed by atoms with E-state index in [2.05, 4.69) is 11.4 Å². The van der Waals surface area contributed by atoms with Crippen LogP contribution in [0.5, 0.6) is 11.5 Å². The van der Waals surface area contributed by atoms with Gasteiger partial charge in [0.1, 0.15) is 11.5 Å². The minimum absolute atomic E-state index is 0.00250. The van der Waals surface area contributed by atoms with E-state index in [1.807, 2.05) is 20.8 Å². The molecule has 0 fully saturated rings. The third-order valence-electron chi connectivity index (χ3n) is 2.41. The Morgan fingerprint density at radius 3 is 2.69 bits per heavy atom. The quantitative estimate of drug-likeness (QED) is 0.541. The van der Waals surface area contributed by atoms with E-state index in [-0.39, 0.29) is 17.5 Å². The maximum Gasteiger partial charge on any atom is 0.120 e. The van der Waals surface area contributed by atoms with E-state index in [1.165, 1.54) is 17.7 Å². The van der Waals surface area contributed by atoms with Crippen LogP contribution in [-0.4, -0.2) is 16.8 Å². The van der Waals surface area contributed by atoms with Crippen molar-refractivity contribution in [3.05, 3.63) is 35.4 Å². The number of phenolic OH excluding ortho intramolecular Hbond substituents is 2. The van der Waals surface area contributed by atoms with Crippen LogP contribution in [0.3, 0.4) is 0 Å². The average molecular weight is 221 g/mol. The highest BCUT2D eigenvalue weighted by Crippen LogP contribution is 2.27. The summed E-state index contributed by atoms with van der Waals surface area (Å²) in [5, 5.41) is 22.2. The van der Waals surface area contributed by atoms with Gasteiger partial charge in [-0.1, -0.05) is 11.6 Å². The van der Waals surface area contributed by atoms with Gasteiger partial charge in [-0.05, 0) is 39.0 Å². The molecule has 3 heteroatoms. The van der Waals surface area contributed by atoms with E-state index >= 15 is 0 Å². The summed E-state index contributed by atoms with van der Waals surface area (Å²) in [7, 11) is 0. The molecule has 88 valence electrons. The van der Waals surface area contributed by atoms with Crippen molar-refractivity contribution in [3.63, 3.8) is 0 Å². The molecule has 1 unspecified atom stereocenters. The fourth-order valence-electron chi connectivity index (χ4n) is 1.44. The maximum absolute atomic E-state index is 9.65. The molecular weight excluding hydrogens is 202 g/mol. The van der Waals surface area contributed by atoms with E-state index in [4.69, 9.17) is 0 Å². The van der Waals surface area contributed by atoms with Gasteiger partial charge in [-0.2, -0.15) is 0 Å². The molecule has 0 aliphatic heterocycles. The Morgan fingerprint density at radius 2 is 2.06 bits per heavy atom. The van der Waals surface area contributed by atoms with E-state index in [0.717, 1.165) is 6.54 Å². The molecule has 0 heterocycles. The summed E-state index contributed by atoms with van der Waals surface area (Å²) in [6.45, 7) is 6.78. The Balaban J connectivity index is 2.69. The average Bonchev–Trinajstić information content (AvgIpc) is 2.21. The molecule has 0 bridgehead atoms. The van der Waals surface area contributed by atoms with E-state index < -0.39 is 0 Å². The van der Waals surface area contributed by atoms with Crippen LogP contribution in [-0.2, 0) is 0 Å². The van der Waals surface area contributed by atoms with E-state index in [0.29, 0.717) is 5.56 Å². The lowest BCUT2D eigenvalue weighted by Gasteiger charge is -2.14. The lowest BCUT2D eigenvalue weighted by molar-refractivity contribution is 0.443. The molecule has 1 aromatic carbocycles. The molecule has 16 heavy (non-hydrogen) atoms. The third kappa shape index (κ3) is 3.59. The van der Waals surface area contributed by atoms with Crippen molar-refractivity contribution < 1.29 is 10.2 Å². The smallest absolute Gasteiger partial charge is 0.120 e. The number of nitrogens with one attached hydrogen (secondary N) is 1. The summed E-state index contributed by atoms with van der Waals surface area (Å²) in [4.78, 5) is 0. The molecule has 0 spiro atoms. The van der Waals surface area contributed by atoms with Gasteiger partial charge in [0.15, 0.2) is 0 Å². The summed E-state index contributed by atoms with van der Waals surface area (Å²) >= 11 is 0. The van der Waals surface area contributed by atoms with Gasteiger partial charge in [-0.15, -0.1) is 0 Å². The van der Waals surface area contributed by atoms with Gasteiger partial charge in [0, 0.05) is 18.2 Å². The molecule has 0 aliphatic rings. The molecule has 3 nitrogen and oxygen atoms in total. The zero-order valence-electron chi connectivity index (χ0n) is 9.99. The van der Waals surface area contributed by atoms with Gasteiger partial charge in [-0.25, -0.2) is 0 Å². The molecule has 0 saturated heterocycles. The number of hydrogen-bond acceptors (Lipinski definition) is 3. The number of benzene rings is 1. The first-order chi connectivity index (χ1) is 7.50. The molecule has 0 aliphatic carbocycles. The predicted octanol–water partition coefficient (Wildman–Crippen LogP) is 2.71. The highest BCUT2D eigenvalue weighted by molar-refractivity contribution is 5.40. The molecular formula is C13H19NO2. The number of aromatic hydroxyl groups is 2. The van der Waals surface area contributed by atoms with Crippen LogP contribution < -0.4 is 5.32 Å². The zero-order chi connectivity index (χ0) is 12.1. The first-order valence-electron chi connectivity index (χ1n) is 5.39. The summed E-state index contributed by atoms with van der Waals surface area (Å²) in [5.74, 6) is 0.374. The highest BCUT2D eigenvalue weighted by atomic mass is 16.3. The van der Waals surface area contributed by atoms with Crippen LogP contribution in [0.15, 0.2) is 29.8 Å². The SMILES string of the molecule is CC(C)=CCNC(C)c1cc(O)ccc1O.